The number of likely N-dealkylation sites (tertiary alicyclic amines) is 1. The van der Waals surface area contributed by atoms with Crippen molar-refractivity contribution >= 4 is 19.1 Å². The van der Waals surface area contributed by atoms with Crippen LogP contribution in [0.1, 0.15) is 20.8 Å². The summed E-state index contributed by atoms with van der Waals surface area (Å²) in [5, 5.41) is 17.8. The number of carbonyl (C=O) groups excluding carboxylic acids is 1. The molecule has 2 fully saturated rings. The van der Waals surface area contributed by atoms with Crippen molar-refractivity contribution in [1.82, 2.24) is 9.88 Å². The highest BCUT2D eigenvalue weighted by molar-refractivity contribution is 6.33. The molecule has 2 aliphatic rings. The van der Waals surface area contributed by atoms with Gasteiger partial charge in [-0.25, -0.2) is 4.79 Å². The summed E-state index contributed by atoms with van der Waals surface area (Å²) in [5.41, 5.74) is 0.327. The Bertz CT molecular complexity index is 621. The van der Waals surface area contributed by atoms with Crippen molar-refractivity contribution in [3.63, 3.8) is 0 Å². The van der Waals surface area contributed by atoms with E-state index >= 15 is 0 Å². The molecule has 1 amide bonds. The largest absolute Gasteiger partial charge is 0.707 e. The van der Waals surface area contributed by atoms with Crippen LogP contribution in [0.3, 0.4) is 0 Å². The van der Waals surface area contributed by atoms with Crippen molar-refractivity contribution in [2.45, 2.75) is 32.4 Å². The number of anilines is 1. The van der Waals surface area contributed by atoms with Crippen molar-refractivity contribution in [1.29, 1.82) is 0 Å². The first-order valence-corrected chi connectivity index (χ1v) is 7.95. The third-order valence-electron chi connectivity index (χ3n) is 4.17. The van der Waals surface area contributed by atoms with Gasteiger partial charge in [-0.3, -0.25) is 4.98 Å². The van der Waals surface area contributed by atoms with E-state index in [0.29, 0.717) is 19.0 Å². The van der Waals surface area contributed by atoms with Crippen molar-refractivity contribution in [3.05, 3.63) is 18.5 Å². The smallest absolute Gasteiger partial charge is 0.511 e. The van der Waals surface area contributed by atoms with E-state index in [2.05, 4.69) is 9.88 Å². The van der Waals surface area contributed by atoms with E-state index in [1.807, 2.05) is 20.8 Å². The van der Waals surface area contributed by atoms with Crippen molar-refractivity contribution in [2.24, 2.45) is 5.92 Å². The molecule has 0 aromatic carbocycles. The molecule has 3 rings (SSSR count). The van der Waals surface area contributed by atoms with Gasteiger partial charge in [0.25, 0.3) is 0 Å². The fraction of sp³-hybridized carbons (Fsp3) is 0.600. The van der Waals surface area contributed by atoms with Gasteiger partial charge in [-0.2, -0.15) is 0 Å². The molecule has 1 aromatic heterocycles. The number of rotatable bonds is 3. The minimum absolute atomic E-state index is 0.132. The lowest BCUT2D eigenvalue weighted by Crippen LogP contribution is -2.59. The van der Waals surface area contributed by atoms with Gasteiger partial charge in [0.05, 0.1) is 24.1 Å². The number of pyridine rings is 1. The third kappa shape index (κ3) is 3.57. The number of aromatic nitrogens is 1. The van der Waals surface area contributed by atoms with E-state index < -0.39 is 12.9 Å². The maximum absolute atomic E-state index is 12.2. The summed E-state index contributed by atoms with van der Waals surface area (Å²) in [5.74, 6) is 0.691. The molecule has 1 aromatic rings. The molecule has 9 heteroatoms. The molecule has 3 heterocycles. The number of hydrogen-bond donors (Lipinski definition) is 2. The summed E-state index contributed by atoms with van der Waals surface area (Å²) in [6.07, 6.45) is 2.84. The van der Waals surface area contributed by atoms with Crippen LogP contribution in [0.5, 0.6) is 5.75 Å². The predicted molar refractivity (Wildman–Crippen MR) is 87.5 cm³/mol. The Morgan fingerprint density at radius 3 is 2.71 bits per heavy atom. The van der Waals surface area contributed by atoms with Crippen LogP contribution in [-0.4, -0.2) is 64.6 Å². The van der Waals surface area contributed by atoms with Crippen LogP contribution in [0.2, 0.25) is 0 Å². The Hall–Kier alpha value is -2.00. The summed E-state index contributed by atoms with van der Waals surface area (Å²) in [6.45, 7) is 7.77. The first kappa shape index (κ1) is 16.8. The van der Waals surface area contributed by atoms with E-state index in [0.717, 1.165) is 12.2 Å². The summed E-state index contributed by atoms with van der Waals surface area (Å²) < 4.78 is 10.3. The van der Waals surface area contributed by atoms with Gasteiger partial charge < -0.3 is 29.2 Å². The molecule has 0 unspecified atom stereocenters. The summed E-state index contributed by atoms with van der Waals surface area (Å²) >= 11 is 0. The molecule has 2 atom stereocenters. The summed E-state index contributed by atoms with van der Waals surface area (Å²) in [6, 6.07) is 1.84. The van der Waals surface area contributed by atoms with Crippen LogP contribution in [0.15, 0.2) is 18.5 Å². The fourth-order valence-corrected chi connectivity index (χ4v) is 3.14. The summed E-state index contributed by atoms with van der Waals surface area (Å²) in [4.78, 5) is 20.1. The number of fused-ring (bicyclic) bond motifs is 1. The first-order chi connectivity index (χ1) is 11.2. The maximum Gasteiger partial charge on any atom is 0.707 e. The van der Waals surface area contributed by atoms with Gasteiger partial charge in [0.15, 0.2) is 0 Å². The quantitative estimate of drug-likeness (QED) is 0.776. The third-order valence-corrected chi connectivity index (χ3v) is 4.17. The number of ether oxygens (including phenoxy) is 1. The van der Waals surface area contributed by atoms with Gasteiger partial charge in [-0.15, -0.1) is 0 Å². The predicted octanol–water partition coefficient (Wildman–Crippen LogP) is 0.485. The number of amides is 1. The van der Waals surface area contributed by atoms with Gasteiger partial charge in [0, 0.05) is 31.6 Å². The van der Waals surface area contributed by atoms with E-state index in [-0.39, 0.29) is 17.9 Å². The second-order valence-corrected chi connectivity index (χ2v) is 7.19. The molecule has 24 heavy (non-hydrogen) atoms. The summed E-state index contributed by atoms with van der Waals surface area (Å²) in [7, 11) is -1.88. The highest BCUT2D eigenvalue weighted by Crippen LogP contribution is 2.36. The van der Waals surface area contributed by atoms with Gasteiger partial charge in [0.1, 0.15) is 11.4 Å². The Labute approximate surface area is 141 Å². The molecular formula is C15H22BN3O5. The molecule has 0 spiro atoms. The second kappa shape index (κ2) is 6.14. The molecule has 130 valence electrons. The highest BCUT2D eigenvalue weighted by atomic mass is 16.6. The van der Waals surface area contributed by atoms with Gasteiger partial charge in [0.2, 0.25) is 0 Å². The van der Waals surface area contributed by atoms with E-state index in [9.17, 15) is 4.79 Å². The maximum atomic E-state index is 12.2. The topological polar surface area (TPSA) is 95.4 Å². The lowest BCUT2D eigenvalue weighted by molar-refractivity contribution is -0.0163. The van der Waals surface area contributed by atoms with E-state index in [1.165, 1.54) is 6.20 Å². The Morgan fingerprint density at radius 2 is 2.04 bits per heavy atom. The highest BCUT2D eigenvalue weighted by Gasteiger charge is 2.49. The molecule has 8 nitrogen and oxygen atoms in total. The minimum atomic E-state index is -1.88. The van der Waals surface area contributed by atoms with Gasteiger partial charge in [-0.05, 0) is 20.8 Å². The molecule has 0 bridgehead atoms. The lowest BCUT2D eigenvalue weighted by Gasteiger charge is -2.43. The molecular weight excluding hydrogens is 313 g/mol. The number of hydrogen-bond acceptors (Lipinski definition) is 7. The monoisotopic (exact) mass is 335 g/mol. The minimum Gasteiger partial charge on any atom is -0.511 e. The normalized spacial score (nSPS) is 22.7. The van der Waals surface area contributed by atoms with E-state index in [4.69, 9.17) is 19.4 Å². The van der Waals surface area contributed by atoms with Crippen LogP contribution >= 0.6 is 0 Å². The van der Waals surface area contributed by atoms with Crippen LogP contribution < -0.4 is 9.55 Å². The molecule has 2 N–H and O–H groups in total. The SMILES string of the molecule is CC(C)(C)OC(=O)N1C[C@H]2CN(c3cncc(OB(O)O)c3)C[C@H]21. The van der Waals surface area contributed by atoms with Crippen LogP contribution in [0.4, 0.5) is 10.5 Å². The van der Waals surface area contributed by atoms with E-state index in [1.54, 1.807) is 17.2 Å². The zero-order valence-electron chi connectivity index (χ0n) is 14.0. The second-order valence-electron chi connectivity index (χ2n) is 7.19. The van der Waals surface area contributed by atoms with Crippen molar-refractivity contribution < 1.29 is 24.2 Å². The number of nitrogens with zero attached hydrogens (tertiary/aromatic N) is 3. The van der Waals surface area contributed by atoms with Gasteiger partial charge >= 0.3 is 13.4 Å². The Balaban J connectivity index is 1.63. The molecule has 0 radical (unpaired) electrons. The van der Waals surface area contributed by atoms with Crippen LogP contribution in [0.25, 0.3) is 0 Å². The average Bonchev–Trinajstić information content (AvgIpc) is 2.74. The number of carbonyl (C=O) groups is 1. The zero-order chi connectivity index (χ0) is 17.5. The lowest BCUT2D eigenvalue weighted by atomic mass is 9.93. The molecule has 2 saturated heterocycles. The molecule has 0 aliphatic carbocycles. The fourth-order valence-electron chi connectivity index (χ4n) is 3.14. The van der Waals surface area contributed by atoms with Crippen molar-refractivity contribution in [2.75, 3.05) is 24.5 Å². The molecule has 0 saturated carbocycles. The zero-order valence-corrected chi connectivity index (χ0v) is 14.0. The van der Waals surface area contributed by atoms with Gasteiger partial charge in [-0.1, -0.05) is 0 Å². The van der Waals surface area contributed by atoms with Crippen LogP contribution in [-0.2, 0) is 4.74 Å². The average molecular weight is 335 g/mol. The van der Waals surface area contributed by atoms with Crippen molar-refractivity contribution in [3.8, 4) is 5.75 Å². The van der Waals surface area contributed by atoms with Crippen LogP contribution in [0, 0.1) is 5.92 Å². The Morgan fingerprint density at radius 1 is 1.29 bits per heavy atom. The first-order valence-electron chi connectivity index (χ1n) is 7.95. The molecule has 2 aliphatic heterocycles. The Kier molecular flexibility index (Phi) is 4.31. The standard InChI is InChI=1S/C15H22BN3O5/c1-15(2,3)23-14(20)19-8-10-7-18(9-13(10)19)11-4-12(6-17-5-11)24-16(21)22/h4-6,10,13,21-22H,7-9H2,1-3H3/t10-,13-/m1/s1.